The Kier molecular flexibility index (Phi) is 3.29. The van der Waals surface area contributed by atoms with E-state index in [4.69, 9.17) is 11.5 Å². The van der Waals surface area contributed by atoms with Gasteiger partial charge in [-0.05, 0) is 18.6 Å². The van der Waals surface area contributed by atoms with E-state index in [0.29, 0.717) is 13.1 Å². The largest absolute Gasteiger partial charge is 0.369 e. The molecule has 0 spiro atoms. The van der Waals surface area contributed by atoms with Gasteiger partial charge >= 0.3 is 0 Å². The number of rotatable bonds is 3. The van der Waals surface area contributed by atoms with Gasteiger partial charge in [-0.1, -0.05) is 23.5 Å². The molecule has 0 bridgehead atoms. The molecule has 7 heteroatoms. The highest BCUT2D eigenvalue weighted by Crippen LogP contribution is 2.35. The summed E-state index contributed by atoms with van der Waals surface area (Å²) in [6, 6.07) is 5.95. The highest BCUT2D eigenvalue weighted by atomic mass is 32.1. The minimum Gasteiger partial charge on any atom is -0.369 e. The molecule has 2 heterocycles. The standard InChI is InChI=1S/C14H16N4O2S/c1-7-3-2-4-10-11(7)21-14(17-10)18-5-8(12(15)19)9(6-18)13(16)20/h2-4,8-9H,5-6H2,1H3,(H2,15,19)(H2,16,20)/t8-,9-/m0/s1. The van der Waals surface area contributed by atoms with Gasteiger partial charge in [0.2, 0.25) is 11.8 Å². The Hall–Kier alpha value is -2.15. The van der Waals surface area contributed by atoms with Gasteiger partial charge in [0.1, 0.15) is 0 Å². The highest BCUT2D eigenvalue weighted by Gasteiger charge is 2.40. The maximum atomic E-state index is 11.5. The van der Waals surface area contributed by atoms with Gasteiger partial charge in [-0.15, -0.1) is 0 Å². The fourth-order valence-electron chi connectivity index (χ4n) is 2.75. The van der Waals surface area contributed by atoms with E-state index in [2.05, 4.69) is 4.98 Å². The number of aryl methyl sites for hydroxylation is 1. The summed E-state index contributed by atoms with van der Waals surface area (Å²) in [4.78, 5) is 29.5. The molecule has 1 aliphatic rings. The molecule has 2 aromatic rings. The van der Waals surface area contributed by atoms with E-state index in [0.717, 1.165) is 20.9 Å². The lowest BCUT2D eigenvalue weighted by Crippen LogP contribution is -2.36. The molecule has 0 aliphatic carbocycles. The van der Waals surface area contributed by atoms with Crippen LogP contribution < -0.4 is 16.4 Å². The van der Waals surface area contributed by atoms with Gasteiger partial charge in [-0.2, -0.15) is 0 Å². The molecule has 2 amide bonds. The summed E-state index contributed by atoms with van der Waals surface area (Å²) < 4.78 is 1.12. The zero-order valence-corrected chi connectivity index (χ0v) is 12.4. The van der Waals surface area contributed by atoms with Gasteiger partial charge in [-0.3, -0.25) is 9.59 Å². The van der Waals surface area contributed by atoms with Crippen LogP contribution in [0.1, 0.15) is 5.56 Å². The van der Waals surface area contributed by atoms with Crippen LogP contribution in [0, 0.1) is 18.8 Å². The van der Waals surface area contributed by atoms with Crippen LogP contribution in [-0.4, -0.2) is 29.9 Å². The van der Waals surface area contributed by atoms with Crippen molar-refractivity contribution < 1.29 is 9.59 Å². The predicted octanol–water partition coefficient (Wildman–Crippen LogP) is 0.628. The Morgan fingerprint density at radius 2 is 1.86 bits per heavy atom. The monoisotopic (exact) mass is 304 g/mol. The first-order chi connectivity index (χ1) is 9.97. The van der Waals surface area contributed by atoms with Gasteiger partial charge in [0.15, 0.2) is 5.13 Å². The second-order valence-electron chi connectivity index (χ2n) is 5.34. The van der Waals surface area contributed by atoms with Gasteiger partial charge < -0.3 is 16.4 Å². The molecule has 1 aromatic heterocycles. The number of carbonyl (C=O) groups excluding carboxylic acids is 2. The molecule has 1 aromatic carbocycles. The average molecular weight is 304 g/mol. The van der Waals surface area contributed by atoms with Crippen LogP contribution in [0.2, 0.25) is 0 Å². The highest BCUT2D eigenvalue weighted by molar-refractivity contribution is 7.22. The number of thiazole rings is 1. The number of amides is 2. The van der Waals surface area contributed by atoms with Crippen LogP contribution in [0.25, 0.3) is 10.2 Å². The third-order valence-electron chi connectivity index (χ3n) is 3.92. The average Bonchev–Trinajstić information content (AvgIpc) is 3.03. The number of aromatic nitrogens is 1. The number of hydrogen-bond donors (Lipinski definition) is 2. The van der Waals surface area contributed by atoms with E-state index in [9.17, 15) is 9.59 Å². The quantitative estimate of drug-likeness (QED) is 0.868. The second kappa shape index (κ2) is 5.00. The first-order valence-electron chi connectivity index (χ1n) is 6.67. The summed E-state index contributed by atoms with van der Waals surface area (Å²) in [7, 11) is 0. The molecule has 21 heavy (non-hydrogen) atoms. The summed E-state index contributed by atoms with van der Waals surface area (Å²) >= 11 is 1.56. The first kappa shape index (κ1) is 13.8. The third kappa shape index (κ3) is 2.33. The van der Waals surface area contributed by atoms with Crippen LogP contribution in [0.3, 0.4) is 0 Å². The topological polar surface area (TPSA) is 102 Å². The first-order valence-corrected chi connectivity index (χ1v) is 7.48. The van der Waals surface area contributed by atoms with Crippen molar-refractivity contribution in [3.63, 3.8) is 0 Å². The Morgan fingerprint density at radius 1 is 1.24 bits per heavy atom. The van der Waals surface area contributed by atoms with Crippen LogP contribution >= 0.6 is 11.3 Å². The number of benzene rings is 1. The molecule has 6 nitrogen and oxygen atoms in total. The summed E-state index contributed by atoms with van der Waals surface area (Å²) in [5, 5.41) is 0.800. The van der Waals surface area contributed by atoms with E-state index >= 15 is 0 Å². The molecule has 1 saturated heterocycles. The Bertz CT molecular complexity index is 705. The lowest BCUT2D eigenvalue weighted by molar-refractivity contribution is -0.129. The lowest BCUT2D eigenvalue weighted by Gasteiger charge is -2.13. The van der Waals surface area contributed by atoms with Crippen molar-refractivity contribution in [1.82, 2.24) is 4.98 Å². The molecule has 0 radical (unpaired) electrons. The van der Waals surface area contributed by atoms with Gasteiger partial charge in [0, 0.05) is 13.1 Å². The van der Waals surface area contributed by atoms with Gasteiger partial charge in [-0.25, -0.2) is 4.98 Å². The SMILES string of the molecule is Cc1cccc2nc(N3C[C@H](C(N)=O)[C@@H](C(N)=O)C3)sc12. The summed E-state index contributed by atoms with van der Waals surface area (Å²) in [6.45, 7) is 2.82. The number of hydrogen-bond acceptors (Lipinski definition) is 5. The second-order valence-corrected chi connectivity index (χ2v) is 6.32. The van der Waals surface area contributed by atoms with E-state index in [1.54, 1.807) is 11.3 Å². The van der Waals surface area contributed by atoms with Crippen molar-refractivity contribution in [2.75, 3.05) is 18.0 Å². The van der Waals surface area contributed by atoms with E-state index in [-0.39, 0.29) is 0 Å². The number of nitrogens with zero attached hydrogens (tertiary/aromatic N) is 2. The molecule has 1 aliphatic heterocycles. The number of anilines is 1. The van der Waals surface area contributed by atoms with Crippen LogP contribution in [-0.2, 0) is 9.59 Å². The van der Waals surface area contributed by atoms with Crippen molar-refractivity contribution in [3.05, 3.63) is 23.8 Å². The van der Waals surface area contributed by atoms with Gasteiger partial charge in [0.25, 0.3) is 0 Å². The number of nitrogens with two attached hydrogens (primary N) is 2. The van der Waals surface area contributed by atoms with Crippen molar-refractivity contribution in [1.29, 1.82) is 0 Å². The summed E-state index contributed by atoms with van der Waals surface area (Å²) in [6.07, 6.45) is 0. The molecule has 0 saturated carbocycles. The van der Waals surface area contributed by atoms with Crippen molar-refractivity contribution in [3.8, 4) is 0 Å². The third-order valence-corrected chi connectivity index (χ3v) is 5.19. The molecular formula is C14H16N4O2S. The number of fused-ring (bicyclic) bond motifs is 1. The van der Waals surface area contributed by atoms with E-state index < -0.39 is 23.7 Å². The maximum absolute atomic E-state index is 11.5. The van der Waals surface area contributed by atoms with E-state index in [1.165, 1.54) is 0 Å². The maximum Gasteiger partial charge on any atom is 0.223 e. The van der Waals surface area contributed by atoms with Crippen molar-refractivity contribution >= 4 is 38.5 Å². The molecule has 0 unspecified atom stereocenters. The zero-order chi connectivity index (χ0) is 15.1. The lowest BCUT2D eigenvalue weighted by atomic mass is 9.95. The number of primary amides is 2. The summed E-state index contributed by atoms with van der Waals surface area (Å²) in [5.74, 6) is -2.07. The Morgan fingerprint density at radius 3 is 2.38 bits per heavy atom. The van der Waals surface area contributed by atoms with E-state index in [1.807, 2.05) is 30.0 Å². The zero-order valence-electron chi connectivity index (χ0n) is 11.6. The normalized spacial score (nSPS) is 21.9. The van der Waals surface area contributed by atoms with Crippen molar-refractivity contribution in [2.24, 2.45) is 23.3 Å². The van der Waals surface area contributed by atoms with Crippen LogP contribution in [0.5, 0.6) is 0 Å². The molecule has 4 N–H and O–H groups in total. The van der Waals surface area contributed by atoms with Crippen molar-refractivity contribution in [2.45, 2.75) is 6.92 Å². The minimum absolute atomic E-state index is 0.391. The Labute approximate surface area is 125 Å². The van der Waals surface area contributed by atoms with Gasteiger partial charge in [0.05, 0.1) is 22.1 Å². The smallest absolute Gasteiger partial charge is 0.223 e. The number of carbonyl (C=O) groups is 2. The molecular weight excluding hydrogens is 288 g/mol. The molecule has 110 valence electrons. The summed E-state index contributed by atoms with van der Waals surface area (Å²) in [5.41, 5.74) is 12.8. The predicted molar refractivity (Wildman–Crippen MR) is 81.9 cm³/mol. The molecule has 3 rings (SSSR count). The minimum atomic E-state index is -0.546. The molecule has 1 fully saturated rings. The van der Waals surface area contributed by atoms with Crippen LogP contribution in [0.15, 0.2) is 18.2 Å². The Balaban J connectivity index is 1.94. The molecule has 2 atom stereocenters. The fraction of sp³-hybridized carbons (Fsp3) is 0.357. The van der Waals surface area contributed by atoms with Crippen LogP contribution in [0.4, 0.5) is 5.13 Å². The fourth-order valence-corrected chi connectivity index (χ4v) is 3.80.